The number of thiazole rings is 1. The normalized spacial score (nSPS) is 16.6. The first kappa shape index (κ1) is 13.4. The van der Waals surface area contributed by atoms with E-state index in [1.165, 1.54) is 0 Å². The molecule has 7 heteroatoms. The molecule has 2 amide bonds. The molecule has 18 heavy (non-hydrogen) atoms. The minimum Gasteiger partial charge on any atom is -0.348 e. The van der Waals surface area contributed by atoms with Crippen molar-refractivity contribution in [2.75, 3.05) is 30.4 Å². The molecular weight excluding hydrogens is 272 g/mol. The van der Waals surface area contributed by atoms with Crippen LogP contribution in [0.1, 0.15) is 12.8 Å². The fourth-order valence-corrected chi connectivity index (χ4v) is 2.78. The summed E-state index contributed by atoms with van der Waals surface area (Å²) in [6.45, 7) is 2.38. The predicted octanol–water partition coefficient (Wildman–Crippen LogP) is 1.65. The molecule has 2 heterocycles. The molecule has 0 aromatic carbocycles. The van der Waals surface area contributed by atoms with Crippen LogP contribution in [-0.4, -0.2) is 42.6 Å². The van der Waals surface area contributed by atoms with Crippen molar-refractivity contribution in [1.82, 2.24) is 15.6 Å². The Kier molecular flexibility index (Phi) is 5.07. The smallest absolute Gasteiger partial charge is 0.315 e. The summed E-state index contributed by atoms with van der Waals surface area (Å²) in [4.78, 5) is 18.0. The van der Waals surface area contributed by atoms with Crippen LogP contribution >= 0.6 is 22.9 Å². The van der Waals surface area contributed by atoms with Gasteiger partial charge in [-0.3, -0.25) is 0 Å². The lowest BCUT2D eigenvalue weighted by molar-refractivity contribution is 0.235. The van der Waals surface area contributed by atoms with E-state index in [9.17, 15) is 4.79 Å². The molecular formula is C11H17ClN4OS. The Morgan fingerprint density at radius 3 is 2.94 bits per heavy atom. The first-order chi connectivity index (χ1) is 8.79. The number of amides is 2. The summed E-state index contributed by atoms with van der Waals surface area (Å²) >= 11 is 7.17. The second-order valence-corrected chi connectivity index (χ2v) is 5.42. The highest BCUT2D eigenvalue weighted by Crippen LogP contribution is 2.21. The Labute approximate surface area is 116 Å². The van der Waals surface area contributed by atoms with Crippen molar-refractivity contribution < 1.29 is 4.79 Å². The number of nitrogens with zero attached hydrogens (tertiary/aromatic N) is 2. The first-order valence-corrected chi connectivity index (χ1v) is 7.46. The highest BCUT2D eigenvalue weighted by Gasteiger charge is 2.21. The molecule has 0 saturated carbocycles. The van der Waals surface area contributed by atoms with E-state index in [0.717, 1.165) is 31.1 Å². The maximum atomic E-state index is 11.5. The van der Waals surface area contributed by atoms with Gasteiger partial charge in [0.2, 0.25) is 0 Å². The van der Waals surface area contributed by atoms with Gasteiger partial charge in [-0.05, 0) is 12.8 Å². The third kappa shape index (κ3) is 3.74. The fourth-order valence-electron chi connectivity index (χ4n) is 1.98. The number of hydrogen-bond donors (Lipinski definition) is 2. The molecule has 0 aliphatic carbocycles. The van der Waals surface area contributed by atoms with Crippen LogP contribution in [-0.2, 0) is 0 Å². The van der Waals surface area contributed by atoms with E-state index in [1.54, 1.807) is 11.3 Å². The molecule has 2 rings (SSSR count). The first-order valence-electron chi connectivity index (χ1n) is 6.04. The molecule has 2 N–H and O–H groups in total. The van der Waals surface area contributed by atoms with Gasteiger partial charge in [-0.1, -0.05) is 0 Å². The highest BCUT2D eigenvalue weighted by molar-refractivity contribution is 7.13. The number of nitrogens with one attached hydrogen (secondary N) is 2. The van der Waals surface area contributed by atoms with E-state index in [4.69, 9.17) is 11.6 Å². The van der Waals surface area contributed by atoms with Crippen molar-refractivity contribution in [3.05, 3.63) is 11.6 Å². The second-order valence-electron chi connectivity index (χ2n) is 4.17. The lowest BCUT2D eigenvalue weighted by atomic mass is 10.1. The van der Waals surface area contributed by atoms with Crippen LogP contribution in [0, 0.1) is 0 Å². The monoisotopic (exact) mass is 288 g/mol. The average molecular weight is 289 g/mol. The average Bonchev–Trinajstić information content (AvgIpc) is 2.91. The standard InChI is InChI=1S/C11H17ClN4OS/c12-3-4-13-10(17)15-9-1-6-16(7-2-9)11-14-5-8-18-11/h5,8-9H,1-4,6-7H2,(H2,13,15,17). The van der Waals surface area contributed by atoms with E-state index < -0.39 is 0 Å². The van der Waals surface area contributed by atoms with E-state index in [0.29, 0.717) is 12.4 Å². The zero-order valence-electron chi connectivity index (χ0n) is 10.1. The third-order valence-electron chi connectivity index (χ3n) is 2.90. The molecule has 1 aromatic rings. The summed E-state index contributed by atoms with van der Waals surface area (Å²) in [6, 6.07) is 0.125. The van der Waals surface area contributed by atoms with Crippen molar-refractivity contribution >= 4 is 34.1 Å². The molecule has 1 saturated heterocycles. The van der Waals surface area contributed by atoms with Crippen molar-refractivity contribution in [1.29, 1.82) is 0 Å². The quantitative estimate of drug-likeness (QED) is 0.829. The number of urea groups is 1. The Morgan fingerprint density at radius 2 is 2.33 bits per heavy atom. The summed E-state index contributed by atoms with van der Waals surface area (Å²) in [5, 5.41) is 8.73. The maximum Gasteiger partial charge on any atom is 0.315 e. The van der Waals surface area contributed by atoms with Crippen molar-refractivity contribution in [2.24, 2.45) is 0 Å². The predicted molar refractivity (Wildman–Crippen MR) is 74.6 cm³/mol. The minimum atomic E-state index is -0.122. The SMILES string of the molecule is O=C(NCCCl)NC1CCN(c2nccs2)CC1. The molecule has 1 aliphatic heterocycles. The summed E-state index contributed by atoms with van der Waals surface area (Å²) in [5.41, 5.74) is 0. The van der Waals surface area contributed by atoms with Gasteiger partial charge in [0.05, 0.1) is 0 Å². The maximum absolute atomic E-state index is 11.5. The van der Waals surface area contributed by atoms with E-state index in [-0.39, 0.29) is 12.1 Å². The van der Waals surface area contributed by atoms with E-state index in [1.807, 2.05) is 11.6 Å². The number of carbonyl (C=O) groups excluding carboxylic acids is 1. The molecule has 5 nitrogen and oxygen atoms in total. The van der Waals surface area contributed by atoms with Gasteiger partial charge in [0, 0.05) is 43.1 Å². The van der Waals surface area contributed by atoms with Gasteiger partial charge in [-0.25, -0.2) is 9.78 Å². The van der Waals surface area contributed by atoms with Crippen molar-refractivity contribution in [2.45, 2.75) is 18.9 Å². The Balaban J connectivity index is 1.72. The molecule has 0 unspecified atom stereocenters. The van der Waals surface area contributed by atoms with Gasteiger partial charge >= 0.3 is 6.03 Å². The van der Waals surface area contributed by atoms with Crippen LogP contribution in [0.4, 0.5) is 9.93 Å². The van der Waals surface area contributed by atoms with Gasteiger partial charge < -0.3 is 15.5 Å². The Hall–Kier alpha value is -1.01. The van der Waals surface area contributed by atoms with Crippen LogP contribution in [0.2, 0.25) is 0 Å². The molecule has 0 radical (unpaired) electrons. The number of halogens is 1. The van der Waals surface area contributed by atoms with Crippen LogP contribution in [0.15, 0.2) is 11.6 Å². The summed E-state index contributed by atoms with van der Waals surface area (Å²) in [5.74, 6) is 0.440. The lowest BCUT2D eigenvalue weighted by Gasteiger charge is -2.32. The summed E-state index contributed by atoms with van der Waals surface area (Å²) in [6.07, 6.45) is 3.73. The van der Waals surface area contributed by atoms with Crippen molar-refractivity contribution in [3.8, 4) is 0 Å². The summed E-state index contributed by atoms with van der Waals surface area (Å²) < 4.78 is 0. The highest BCUT2D eigenvalue weighted by atomic mass is 35.5. The van der Waals surface area contributed by atoms with Gasteiger partial charge in [0.1, 0.15) is 0 Å². The number of piperidine rings is 1. The van der Waals surface area contributed by atoms with Crippen LogP contribution in [0.3, 0.4) is 0 Å². The van der Waals surface area contributed by atoms with Gasteiger partial charge in [-0.2, -0.15) is 0 Å². The molecule has 100 valence electrons. The zero-order chi connectivity index (χ0) is 12.8. The molecule has 0 spiro atoms. The number of rotatable bonds is 4. The molecule has 1 fully saturated rings. The van der Waals surface area contributed by atoms with Crippen molar-refractivity contribution in [3.63, 3.8) is 0 Å². The van der Waals surface area contributed by atoms with E-state index >= 15 is 0 Å². The minimum absolute atomic E-state index is 0.122. The van der Waals surface area contributed by atoms with Gasteiger partial charge in [0.15, 0.2) is 5.13 Å². The fraction of sp³-hybridized carbons (Fsp3) is 0.636. The molecule has 0 atom stereocenters. The van der Waals surface area contributed by atoms with E-state index in [2.05, 4.69) is 20.5 Å². The Bertz CT molecular complexity index is 365. The number of alkyl halides is 1. The Morgan fingerprint density at radius 1 is 1.56 bits per heavy atom. The van der Waals surface area contributed by atoms with Gasteiger partial charge in [0.25, 0.3) is 0 Å². The molecule has 1 aromatic heterocycles. The second kappa shape index (κ2) is 6.80. The number of anilines is 1. The molecule has 1 aliphatic rings. The topological polar surface area (TPSA) is 57.3 Å². The third-order valence-corrected chi connectivity index (χ3v) is 3.92. The number of aromatic nitrogens is 1. The largest absolute Gasteiger partial charge is 0.348 e. The van der Waals surface area contributed by atoms with Crippen LogP contribution in [0.5, 0.6) is 0 Å². The van der Waals surface area contributed by atoms with Crippen LogP contribution < -0.4 is 15.5 Å². The number of carbonyl (C=O) groups is 1. The lowest BCUT2D eigenvalue weighted by Crippen LogP contribution is -2.48. The number of hydrogen-bond acceptors (Lipinski definition) is 4. The van der Waals surface area contributed by atoms with Crippen LogP contribution in [0.25, 0.3) is 0 Å². The zero-order valence-corrected chi connectivity index (χ0v) is 11.6. The summed E-state index contributed by atoms with van der Waals surface area (Å²) in [7, 11) is 0. The molecule has 0 bridgehead atoms. The van der Waals surface area contributed by atoms with Gasteiger partial charge in [-0.15, -0.1) is 22.9 Å².